The molecular formula is C21H18N4O2. The van der Waals surface area contributed by atoms with E-state index in [1.54, 1.807) is 12.1 Å². The highest BCUT2D eigenvalue weighted by atomic mass is 16.3. The van der Waals surface area contributed by atoms with E-state index in [9.17, 15) is 9.90 Å². The molecule has 0 unspecified atom stereocenters. The number of aromatic nitrogens is 3. The second-order valence-corrected chi connectivity index (χ2v) is 6.85. The molecule has 0 radical (unpaired) electrons. The number of amides is 1. The van der Waals surface area contributed by atoms with Gasteiger partial charge in [0.05, 0.1) is 17.9 Å². The van der Waals surface area contributed by atoms with Crippen LogP contribution in [0.25, 0.3) is 23.4 Å². The van der Waals surface area contributed by atoms with E-state index in [1.165, 1.54) is 0 Å². The predicted octanol–water partition coefficient (Wildman–Crippen LogP) is 2.66. The van der Waals surface area contributed by atoms with Gasteiger partial charge >= 0.3 is 0 Å². The number of phenolic OH excluding ortho intramolecular Hbond substituents is 1. The van der Waals surface area contributed by atoms with Crippen LogP contribution in [0.2, 0.25) is 0 Å². The summed E-state index contributed by atoms with van der Waals surface area (Å²) in [5.41, 5.74) is 6.58. The Morgan fingerprint density at radius 3 is 3.00 bits per heavy atom. The first-order valence-electron chi connectivity index (χ1n) is 9.03. The quantitative estimate of drug-likeness (QED) is 0.738. The standard InChI is InChI=1S/C21H18N4O2/c26-16-3-1-2-13(10-16)4-6-15-11-18-14(12-23-15)5-7-17-19(18)24-25-9-8-22-21(27)20(17)25/h1-4,6,10-12,26H,5,7-9H2,(H,22,27)/b6-4+. The van der Waals surface area contributed by atoms with Crippen molar-refractivity contribution < 1.29 is 9.90 Å². The number of fused-ring (bicyclic) bond motifs is 5. The molecule has 1 aliphatic carbocycles. The third kappa shape index (κ3) is 2.70. The molecule has 1 amide bonds. The fourth-order valence-corrected chi connectivity index (χ4v) is 3.81. The van der Waals surface area contributed by atoms with Crippen LogP contribution in [0.3, 0.4) is 0 Å². The van der Waals surface area contributed by atoms with E-state index in [2.05, 4.69) is 10.3 Å². The number of rotatable bonds is 2. The minimum atomic E-state index is -0.0310. The Labute approximate surface area is 156 Å². The summed E-state index contributed by atoms with van der Waals surface area (Å²) in [6.45, 7) is 1.33. The maximum Gasteiger partial charge on any atom is 0.269 e. The van der Waals surface area contributed by atoms with Crippen molar-refractivity contribution in [2.75, 3.05) is 6.54 Å². The summed E-state index contributed by atoms with van der Waals surface area (Å²) >= 11 is 0. The zero-order valence-electron chi connectivity index (χ0n) is 14.6. The number of nitrogens with zero attached hydrogens (tertiary/aromatic N) is 3. The van der Waals surface area contributed by atoms with E-state index in [-0.39, 0.29) is 11.7 Å². The van der Waals surface area contributed by atoms with Crippen LogP contribution in [0, 0.1) is 0 Å². The van der Waals surface area contributed by atoms with Crippen LogP contribution in [0.5, 0.6) is 5.75 Å². The molecular weight excluding hydrogens is 340 g/mol. The topological polar surface area (TPSA) is 80.0 Å². The second kappa shape index (κ2) is 6.09. The van der Waals surface area contributed by atoms with Crippen LogP contribution < -0.4 is 5.32 Å². The van der Waals surface area contributed by atoms with Crippen molar-refractivity contribution in [3.8, 4) is 17.0 Å². The van der Waals surface area contributed by atoms with Gasteiger partial charge in [0.1, 0.15) is 11.4 Å². The molecule has 27 heavy (non-hydrogen) atoms. The SMILES string of the molecule is O=C1NCCn2nc3c(c21)CCc1cnc(/C=C/c2cccc(O)c2)cc1-3. The van der Waals surface area contributed by atoms with Gasteiger partial charge in [0.2, 0.25) is 0 Å². The first-order chi connectivity index (χ1) is 13.2. The first-order valence-corrected chi connectivity index (χ1v) is 9.03. The molecule has 1 aliphatic heterocycles. The maximum atomic E-state index is 12.3. The van der Waals surface area contributed by atoms with Crippen LogP contribution in [0.4, 0.5) is 0 Å². The zero-order valence-corrected chi connectivity index (χ0v) is 14.6. The molecule has 0 atom stereocenters. The smallest absolute Gasteiger partial charge is 0.269 e. The zero-order chi connectivity index (χ0) is 18.4. The molecule has 3 aromatic rings. The lowest BCUT2D eigenvalue weighted by Gasteiger charge is -2.17. The van der Waals surface area contributed by atoms with Crippen molar-refractivity contribution in [2.45, 2.75) is 19.4 Å². The third-order valence-corrected chi connectivity index (χ3v) is 5.10. The largest absolute Gasteiger partial charge is 0.508 e. The van der Waals surface area contributed by atoms with Crippen molar-refractivity contribution >= 4 is 18.1 Å². The summed E-state index contributed by atoms with van der Waals surface area (Å²) in [5, 5.41) is 17.2. The average Bonchev–Trinajstić information content (AvgIpc) is 3.07. The van der Waals surface area contributed by atoms with Crippen LogP contribution >= 0.6 is 0 Å². The van der Waals surface area contributed by atoms with E-state index < -0.39 is 0 Å². The fourth-order valence-electron chi connectivity index (χ4n) is 3.81. The van der Waals surface area contributed by atoms with Gasteiger partial charge in [-0.1, -0.05) is 18.2 Å². The van der Waals surface area contributed by atoms with E-state index in [1.807, 2.05) is 41.2 Å². The van der Waals surface area contributed by atoms with Crippen molar-refractivity contribution in [1.82, 2.24) is 20.1 Å². The van der Waals surface area contributed by atoms with Gasteiger partial charge < -0.3 is 10.4 Å². The number of carbonyl (C=O) groups excluding carboxylic acids is 1. The molecule has 0 bridgehead atoms. The Morgan fingerprint density at radius 2 is 2.11 bits per heavy atom. The van der Waals surface area contributed by atoms with Crippen LogP contribution in [-0.2, 0) is 19.4 Å². The Hall–Kier alpha value is -3.41. The summed E-state index contributed by atoms with van der Waals surface area (Å²) in [6, 6.07) is 9.11. The number of carbonyl (C=O) groups is 1. The number of phenols is 1. The Morgan fingerprint density at radius 1 is 1.19 bits per heavy atom. The molecule has 2 aliphatic rings. The molecule has 5 rings (SSSR count). The molecule has 2 aromatic heterocycles. The highest BCUT2D eigenvalue weighted by Gasteiger charge is 2.30. The Kier molecular flexibility index (Phi) is 3.57. The van der Waals surface area contributed by atoms with Crippen LogP contribution in [-0.4, -0.2) is 32.3 Å². The van der Waals surface area contributed by atoms with Crippen molar-refractivity contribution in [2.24, 2.45) is 0 Å². The molecule has 134 valence electrons. The molecule has 0 spiro atoms. The minimum absolute atomic E-state index is 0.0310. The number of nitrogens with one attached hydrogen (secondary N) is 1. The highest BCUT2D eigenvalue weighted by molar-refractivity contribution is 5.97. The lowest BCUT2D eigenvalue weighted by atomic mass is 9.89. The number of aryl methyl sites for hydroxylation is 1. The summed E-state index contributed by atoms with van der Waals surface area (Å²) < 4.78 is 1.83. The van der Waals surface area contributed by atoms with E-state index in [0.29, 0.717) is 18.8 Å². The average molecular weight is 358 g/mol. The van der Waals surface area contributed by atoms with Crippen molar-refractivity contribution in [3.05, 3.63) is 64.6 Å². The summed E-state index contributed by atoms with van der Waals surface area (Å²) in [6.07, 6.45) is 7.41. The van der Waals surface area contributed by atoms with E-state index >= 15 is 0 Å². The van der Waals surface area contributed by atoms with Gasteiger partial charge in [-0.2, -0.15) is 5.10 Å². The number of hydrogen-bond acceptors (Lipinski definition) is 4. The first kappa shape index (κ1) is 15.8. The fraction of sp³-hybridized carbons (Fsp3) is 0.190. The van der Waals surface area contributed by atoms with Crippen molar-refractivity contribution in [1.29, 1.82) is 0 Å². The third-order valence-electron chi connectivity index (χ3n) is 5.10. The molecule has 3 heterocycles. The summed E-state index contributed by atoms with van der Waals surface area (Å²) in [7, 11) is 0. The number of aromatic hydroxyl groups is 1. The van der Waals surface area contributed by atoms with Gasteiger partial charge in [0, 0.05) is 23.9 Å². The lowest BCUT2D eigenvalue weighted by Crippen LogP contribution is -2.36. The second-order valence-electron chi connectivity index (χ2n) is 6.85. The summed E-state index contributed by atoms with van der Waals surface area (Å²) in [5.74, 6) is 0.207. The number of pyridine rings is 1. The van der Waals surface area contributed by atoms with Gasteiger partial charge in [-0.25, -0.2) is 0 Å². The van der Waals surface area contributed by atoms with Crippen molar-refractivity contribution in [3.63, 3.8) is 0 Å². The Balaban J connectivity index is 1.55. The van der Waals surface area contributed by atoms with Crippen LogP contribution in [0.1, 0.15) is 32.9 Å². The normalized spacial score (nSPS) is 15.2. The van der Waals surface area contributed by atoms with Gasteiger partial charge in [0.15, 0.2) is 0 Å². The maximum absolute atomic E-state index is 12.3. The van der Waals surface area contributed by atoms with E-state index in [0.717, 1.165) is 46.5 Å². The monoisotopic (exact) mass is 358 g/mol. The van der Waals surface area contributed by atoms with Gasteiger partial charge in [0.25, 0.3) is 5.91 Å². The number of hydrogen-bond donors (Lipinski definition) is 2. The molecule has 0 fully saturated rings. The minimum Gasteiger partial charge on any atom is -0.508 e. The molecule has 2 N–H and O–H groups in total. The Bertz CT molecular complexity index is 1100. The van der Waals surface area contributed by atoms with Gasteiger partial charge in [-0.05, 0) is 48.2 Å². The lowest BCUT2D eigenvalue weighted by molar-refractivity contribution is 0.0923. The highest BCUT2D eigenvalue weighted by Crippen LogP contribution is 2.35. The summed E-state index contributed by atoms with van der Waals surface area (Å²) in [4.78, 5) is 16.8. The van der Waals surface area contributed by atoms with E-state index in [4.69, 9.17) is 5.10 Å². The van der Waals surface area contributed by atoms with Gasteiger partial charge in [-0.3, -0.25) is 14.5 Å². The predicted molar refractivity (Wildman–Crippen MR) is 102 cm³/mol. The van der Waals surface area contributed by atoms with Crippen LogP contribution in [0.15, 0.2) is 36.5 Å². The molecule has 6 nitrogen and oxygen atoms in total. The van der Waals surface area contributed by atoms with Gasteiger partial charge in [-0.15, -0.1) is 0 Å². The molecule has 6 heteroatoms. The molecule has 0 saturated carbocycles. The molecule has 0 saturated heterocycles. The molecule has 1 aromatic carbocycles. The number of benzene rings is 1.